The number of nitrogens with zero attached hydrogens (tertiary/aromatic N) is 5. The Hall–Kier alpha value is -2.40. The van der Waals surface area contributed by atoms with E-state index in [0.29, 0.717) is 6.04 Å². The summed E-state index contributed by atoms with van der Waals surface area (Å²) in [5.41, 5.74) is 2.46. The minimum Gasteiger partial charge on any atom is -0.294 e. The van der Waals surface area contributed by atoms with Crippen molar-refractivity contribution in [3.63, 3.8) is 0 Å². The molecule has 1 aromatic carbocycles. The summed E-state index contributed by atoms with van der Waals surface area (Å²) in [6, 6.07) is 13.2. The zero-order valence-corrected chi connectivity index (χ0v) is 13.1. The molecule has 1 fully saturated rings. The summed E-state index contributed by atoms with van der Waals surface area (Å²) in [5.74, 6) is 0. The second kappa shape index (κ2) is 6.38. The van der Waals surface area contributed by atoms with E-state index in [9.17, 15) is 0 Å². The van der Waals surface area contributed by atoms with Gasteiger partial charge in [0.05, 0.1) is 12.2 Å². The first-order chi connectivity index (χ1) is 11.4. The standard InChI is InChI=1S/C18H21N5/c1-4-18(15-22-12-2-9-19-22)21(11-1)14-16-5-7-17(8-6-16)23-13-3-10-20-23/h2-3,5-10,12-13,18H,1,4,11,14-15H2/t18-/m0/s1. The lowest BCUT2D eigenvalue weighted by Crippen LogP contribution is -2.32. The van der Waals surface area contributed by atoms with Crippen molar-refractivity contribution in [2.75, 3.05) is 6.54 Å². The van der Waals surface area contributed by atoms with E-state index in [1.807, 2.05) is 33.9 Å². The SMILES string of the molecule is c1cnn(C[C@@H]2CCCN2Cc2ccc(-n3cccn3)cc2)c1. The number of rotatable bonds is 5. The third kappa shape index (κ3) is 3.19. The summed E-state index contributed by atoms with van der Waals surface area (Å²) < 4.78 is 3.93. The van der Waals surface area contributed by atoms with Gasteiger partial charge >= 0.3 is 0 Å². The first-order valence-corrected chi connectivity index (χ1v) is 8.19. The van der Waals surface area contributed by atoms with Crippen LogP contribution in [0.15, 0.2) is 61.2 Å². The van der Waals surface area contributed by atoms with Crippen molar-refractivity contribution in [1.82, 2.24) is 24.5 Å². The summed E-state index contributed by atoms with van der Waals surface area (Å²) in [6.45, 7) is 3.16. The normalized spacial score (nSPS) is 18.5. The number of aromatic nitrogens is 4. The van der Waals surface area contributed by atoms with Gasteiger partial charge in [0.2, 0.25) is 0 Å². The van der Waals surface area contributed by atoms with Crippen molar-refractivity contribution in [2.45, 2.75) is 32.0 Å². The Morgan fingerprint density at radius 1 is 1.00 bits per heavy atom. The van der Waals surface area contributed by atoms with Gasteiger partial charge in [-0.25, -0.2) is 4.68 Å². The molecule has 0 radical (unpaired) electrons. The van der Waals surface area contributed by atoms with Gasteiger partial charge in [0.1, 0.15) is 0 Å². The molecule has 0 spiro atoms. The molecule has 4 rings (SSSR count). The molecule has 0 aliphatic carbocycles. The second-order valence-electron chi connectivity index (χ2n) is 6.11. The molecule has 23 heavy (non-hydrogen) atoms. The zero-order valence-electron chi connectivity index (χ0n) is 13.1. The van der Waals surface area contributed by atoms with Gasteiger partial charge in [-0.1, -0.05) is 12.1 Å². The van der Waals surface area contributed by atoms with E-state index in [-0.39, 0.29) is 0 Å². The predicted molar refractivity (Wildman–Crippen MR) is 89.2 cm³/mol. The Morgan fingerprint density at radius 3 is 2.57 bits per heavy atom. The van der Waals surface area contributed by atoms with Gasteiger partial charge in [-0.2, -0.15) is 10.2 Å². The van der Waals surface area contributed by atoms with Gasteiger partial charge in [-0.3, -0.25) is 9.58 Å². The molecule has 0 unspecified atom stereocenters. The van der Waals surface area contributed by atoms with Crippen molar-refractivity contribution in [3.8, 4) is 5.69 Å². The lowest BCUT2D eigenvalue weighted by Gasteiger charge is -2.24. The van der Waals surface area contributed by atoms with E-state index in [0.717, 1.165) is 18.8 Å². The minimum atomic E-state index is 0.584. The summed E-state index contributed by atoms with van der Waals surface area (Å²) >= 11 is 0. The fourth-order valence-electron chi connectivity index (χ4n) is 3.34. The van der Waals surface area contributed by atoms with Gasteiger partial charge < -0.3 is 0 Å². The summed E-state index contributed by atoms with van der Waals surface area (Å²) in [6.07, 6.45) is 10.2. The predicted octanol–water partition coefficient (Wildman–Crippen LogP) is 2.73. The van der Waals surface area contributed by atoms with E-state index < -0.39 is 0 Å². The van der Waals surface area contributed by atoms with Crippen LogP contribution >= 0.6 is 0 Å². The first kappa shape index (κ1) is 14.2. The molecule has 1 atom stereocenters. The fraction of sp³-hybridized carbons (Fsp3) is 0.333. The van der Waals surface area contributed by atoms with Crippen LogP contribution in [0, 0.1) is 0 Å². The average molecular weight is 307 g/mol. The third-order valence-electron chi connectivity index (χ3n) is 4.55. The molecule has 0 amide bonds. The second-order valence-corrected chi connectivity index (χ2v) is 6.11. The average Bonchev–Trinajstić information content (AvgIpc) is 3.32. The maximum Gasteiger partial charge on any atom is 0.0645 e. The molecular formula is C18H21N5. The largest absolute Gasteiger partial charge is 0.294 e. The van der Waals surface area contributed by atoms with Crippen molar-refractivity contribution < 1.29 is 0 Å². The smallest absolute Gasteiger partial charge is 0.0645 e. The molecule has 0 N–H and O–H groups in total. The van der Waals surface area contributed by atoms with Crippen LogP contribution in [-0.2, 0) is 13.1 Å². The Bertz CT molecular complexity index is 715. The molecule has 0 saturated carbocycles. The Labute approximate surface area is 136 Å². The molecule has 5 nitrogen and oxygen atoms in total. The first-order valence-electron chi connectivity index (χ1n) is 8.19. The van der Waals surface area contributed by atoms with Gasteiger partial charge in [0.15, 0.2) is 0 Å². The molecule has 3 aromatic rings. The summed E-state index contributed by atoms with van der Waals surface area (Å²) in [7, 11) is 0. The number of hydrogen-bond acceptors (Lipinski definition) is 3. The number of benzene rings is 1. The van der Waals surface area contributed by atoms with Crippen LogP contribution < -0.4 is 0 Å². The van der Waals surface area contributed by atoms with Crippen LogP contribution in [0.4, 0.5) is 0 Å². The molecule has 2 aromatic heterocycles. The third-order valence-corrected chi connectivity index (χ3v) is 4.55. The van der Waals surface area contributed by atoms with Crippen LogP contribution in [0.2, 0.25) is 0 Å². The highest BCUT2D eigenvalue weighted by atomic mass is 15.3. The topological polar surface area (TPSA) is 38.9 Å². The van der Waals surface area contributed by atoms with Crippen molar-refractivity contribution in [3.05, 3.63) is 66.7 Å². The lowest BCUT2D eigenvalue weighted by molar-refractivity contribution is 0.219. The Morgan fingerprint density at radius 2 is 1.83 bits per heavy atom. The highest BCUT2D eigenvalue weighted by molar-refractivity contribution is 5.33. The van der Waals surface area contributed by atoms with E-state index in [1.165, 1.54) is 24.9 Å². The van der Waals surface area contributed by atoms with Crippen molar-refractivity contribution in [1.29, 1.82) is 0 Å². The molecule has 5 heteroatoms. The van der Waals surface area contributed by atoms with Crippen LogP contribution in [0.1, 0.15) is 18.4 Å². The zero-order chi connectivity index (χ0) is 15.5. The monoisotopic (exact) mass is 307 g/mol. The number of hydrogen-bond donors (Lipinski definition) is 0. The molecule has 3 heterocycles. The van der Waals surface area contributed by atoms with Crippen LogP contribution in [0.25, 0.3) is 5.69 Å². The van der Waals surface area contributed by atoms with Gasteiger partial charge in [-0.15, -0.1) is 0 Å². The fourth-order valence-corrected chi connectivity index (χ4v) is 3.34. The highest BCUT2D eigenvalue weighted by Gasteiger charge is 2.24. The molecule has 0 bridgehead atoms. The molecule has 118 valence electrons. The maximum atomic E-state index is 4.34. The molecule has 1 saturated heterocycles. The molecule has 1 aliphatic heterocycles. The van der Waals surface area contributed by atoms with Crippen LogP contribution in [0.5, 0.6) is 0 Å². The summed E-state index contributed by atoms with van der Waals surface area (Å²) in [4.78, 5) is 2.57. The van der Waals surface area contributed by atoms with E-state index in [1.54, 1.807) is 6.20 Å². The number of likely N-dealkylation sites (tertiary alicyclic amines) is 1. The minimum absolute atomic E-state index is 0.584. The van der Waals surface area contributed by atoms with Gasteiger partial charge in [0.25, 0.3) is 0 Å². The lowest BCUT2D eigenvalue weighted by atomic mass is 10.1. The van der Waals surface area contributed by atoms with Gasteiger partial charge in [-0.05, 0) is 49.2 Å². The summed E-state index contributed by atoms with van der Waals surface area (Å²) in [5, 5.41) is 8.61. The quantitative estimate of drug-likeness (QED) is 0.727. The molecular weight excluding hydrogens is 286 g/mol. The Balaban J connectivity index is 1.42. The van der Waals surface area contributed by atoms with E-state index >= 15 is 0 Å². The van der Waals surface area contributed by atoms with Gasteiger partial charge in [0, 0.05) is 37.4 Å². The molecule has 1 aliphatic rings. The highest BCUT2D eigenvalue weighted by Crippen LogP contribution is 2.21. The van der Waals surface area contributed by atoms with Crippen LogP contribution in [-0.4, -0.2) is 37.0 Å². The van der Waals surface area contributed by atoms with Crippen molar-refractivity contribution in [2.24, 2.45) is 0 Å². The van der Waals surface area contributed by atoms with Crippen LogP contribution in [0.3, 0.4) is 0 Å². The Kier molecular flexibility index (Phi) is 3.94. The van der Waals surface area contributed by atoms with Crippen molar-refractivity contribution >= 4 is 0 Å². The van der Waals surface area contributed by atoms with E-state index in [2.05, 4.69) is 45.6 Å². The maximum absolute atomic E-state index is 4.34. The van der Waals surface area contributed by atoms with E-state index in [4.69, 9.17) is 0 Å².